The Kier molecular flexibility index (Phi) is 8.64. The van der Waals surface area contributed by atoms with Crippen molar-refractivity contribution in [2.75, 3.05) is 17.1 Å². The van der Waals surface area contributed by atoms with Gasteiger partial charge in [0.25, 0.3) is 0 Å². The average Bonchev–Trinajstić information content (AvgIpc) is 2.80. The van der Waals surface area contributed by atoms with Crippen LogP contribution in [0.25, 0.3) is 10.8 Å². The van der Waals surface area contributed by atoms with Gasteiger partial charge in [-0.3, -0.25) is 13.9 Å². The van der Waals surface area contributed by atoms with E-state index in [0.717, 1.165) is 32.5 Å². The molecule has 0 saturated carbocycles. The van der Waals surface area contributed by atoms with Crippen LogP contribution < -0.4 is 9.62 Å². The lowest BCUT2D eigenvalue weighted by Crippen LogP contribution is -2.55. The maximum absolute atomic E-state index is 13.9. The van der Waals surface area contributed by atoms with Crippen molar-refractivity contribution >= 4 is 38.3 Å². The third-order valence-electron chi connectivity index (χ3n) is 6.03. The van der Waals surface area contributed by atoms with Gasteiger partial charge in [-0.25, -0.2) is 8.42 Å². The summed E-state index contributed by atoms with van der Waals surface area (Å²) in [5, 5.41) is 4.57. The van der Waals surface area contributed by atoms with E-state index in [4.69, 9.17) is 0 Å². The summed E-state index contributed by atoms with van der Waals surface area (Å²) in [5.41, 5.74) is 1.85. The Balaban J connectivity index is 2.04. The van der Waals surface area contributed by atoms with Crippen LogP contribution in [0.15, 0.2) is 66.7 Å². The van der Waals surface area contributed by atoms with E-state index >= 15 is 0 Å². The average molecular weight is 524 g/mol. The van der Waals surface area contributed by atoms with Crippen LogP contribution in [0.2, 0.25) is 0 Å². The molecular formula is C29H37N3O4S. The van der Waals surface area contributed by atoms with Crippen molar-refractivity contribution in [2.45, 2.75) is 59.2 Å². The molecule has 198 valence electrons. The number of sulfonamides is 1. The Morgan fingerprint density at radius 3 is 2.24 bits per heavy atom. The first kappa shape index (κ1) is 28.2. The molecule has 0 aliphatic heterocycles. The molecule has 8 heteroatoms. The highest BCUT2D eigenvalue weighted by Crippen LogP contribution is 2.29. The lowest BCUT2D eigenvalue weighted by Gasteiger charge is -2.34. The minimum Gasteiger partial charge on any atom is -0.350 e. The van der Waals surface area contributed by atoms with Gasteiger partial charge in [-0.1, -0.05) is 73.2 Å². The molecule has 0 fully saturated rings. The van der Waals surface area contributed by atoms with E-state index in [0.29, 0.717) is 12.1 Å². The van der Waals surface area contributed by atoms with Crippen LogP contribution in [-0.2, 0) is 26.2 Å². The Labute approximate surface area is 220 Å². The van der Waals surface area contributed by atoms with E-state index in [-0.39, 0.29) is 12.5 Å². The van der Waals surface area contributed by atoms with Crippen LogP contribution in [0.5, 0.6) is 0 Å². The van der Waals surface area contributed by atoms with Crippen molar-refractivity contribution in [3.8, 4) is 0 Å². The van der Waals surface area contributed by atoms with Crippen LogP contribution in [-0.4, -0.2) is 49.5 Å². The van der Waals surface area contributed by atoms with Crippen molar-refractivity contribution < 1.29 is 18.0 Å². The summed E-state index contributed by atoms with van der Waals surface area (Å²) in [6, 6.07) is 19.8. The highest BCUT2D eigenvalue weighted by Gasteiger charge is 2.33. The van der Waals surface area contributed by atoms with Crippen LogP contribution in [0.4, 0.5) is 5.69 Å². The summed E-state index contributed by atoms with van der Waals surface area (Å²) >= 11 is 0. The van der Waals surface area contributed by atoms with Gasteiger partial charge in [0.2, 0.25) is 21.8 Å². The molecule has 0 spiro atoms. The summed E-state index contributed by atoms with van der Waals surface area (Å²) in [6.07, 6.45) is 1.48. The normalized spacial score (nSPS) is 12.7. The Bertz CT molecular complexity index is 1370. The smallest absolute Gasteiger partial charge is 0.244 e. The molecular weight excluding hydrogens is 486 g/mol. The van der Waals surface area contributed by atoms with Gasteiger partial charge in [0.05, 0.1) is 11.9 Å². The van der Waals surface area contributed by atoms with E-state index in [9.17, 15) is 18.0 Å². The highest BCUT2D eigenvalue weighted by molar-refractivity contribution is 7.92. The Morgan fingerprint density at radius 2 is 1.62 bits per heavy atom. The molecule has 0 bridgehead atoms. The molecule has 0 aromatic heterocycles. The van der Waals surface area contributed by atoms with Crippen LogP contribution >= 0.6 is 0 Å². The lowest BCUT2D eigenvalue weighted by atomic mass is 10.0. The Hall–Kier alpha value is -3.39. The second-order valence-electron chi connectivity index (χ2n) is 10.4. The predicted octanol–water partition coefficient (Wildman–Crippen LogP) is 4.64. The molecule has 0 unspecified atom stereocenters. The van der Waals surface area contributed by atoms with E-state index in [2.05, 4.69) is 5.32 Å². The fourth-order valence-electron chi connectivity index (χ4n) is 4.40. The number of amides is 2. The summed E-state index contributed by atoms with van der Waals surface area (Å²) < 4.78 is 27.1. The third kappa shape index (κ3) is 7.32. The molecule has 37 heavy (non-hydrogen) atoms. The monoisotopic (exact) mass is 523 g/mol. The third-order valence-corrected chi connectivity index (χ3v) is 7.16. The number of carbonyl (C=O) groups excluding carboxylic acids is 2. The first-order valence-electron chi connectivity index (χ1n) is 12.4. The summed E-state index contributed by atoms with van der Waals surface area (Å²) in [6.45, 7) is 9.23. The molecule has 0 saturated heterocycles. The lowest BCUT2D eigenvalue weighted by molar-refractivity contribution is -0.141. The van der Waals surface area contributed by atoms with Gasteiger partial charge in [0, 0.05) is 17.5 Å². The topological polar surface area (TPSA) is 86.8 Å². The van der Waals surface area contributed by atoms with Crippen LogP contribution in [0, 0.1) is 6.92 Å². The maximum atomic E-state index is 13.9. The summed E-state index contributed by atoms with van der Waals surface area (Å²) in [7, 11) is -3.81. The zero-order valence-corrected chi connectivity index (χ0v) is 23.3. The predicted molar refractivity (Wildman–Crippen MR) is 150 cm³/mol. The van der Waals surface area contributed by atoms with Gasteiger partial charge >= 0.3 is 0 Å². The van der Waals surface area contributed by atoms with Crippen molar-refractivity contribution in [1.29, 1.82) is 0 Å². The fraction of sp³-hybridized carbons (Fsp3) is 0.379. The van der Waals surface area contributed by atoms with Crippen LogP contribution in [0.3, 0.4) is 0 Å². The molecule has 3 rings (SSSR count). The quantitative estimate of drug-likeness (QED) is 0.443. The van der Waals surface area contributed by atoms with Crippen molar-refractivity contribution in [3.05, 3.63) is 77.9 Å². The molecule has 0 aliphatic carbocycles. The van der Waals surface area contributed by atoms with Gasteiger partial charge in [0.15, 0.2) is 0 Å². The molecule has 1 N–H and O–H groups in total. The molecule has 3 aromatic rings. The number of benzene rings is 3. The number of hydrogen-bond donors (Lipinski definition) is 1. The van der Waals surface area contributed by atoms with Gasteiger partial charge < -0.3 is 10.2 Å². The van der Waals surface area contributed by atoms with Crippen LogP contribution in [0.1, 0.15) is 45.2 Å². The largest absolute Gasteiger partial charge is 0.350 e. The van der Waals surface area contributed by atoms with E-state index in [1.54, 1.807) is 12.1 Å². The molecule has 0 aliphatic rings. The first-order valence-corrected chi connectivity index (χ1v) is 14.3. The van der Waals surface area contributed by atoms with Gasteiger partial charge in [-0.2, -0.15) is 0 Å². The van der Waals surface area contributed by atoms with Gasteiger partial charge in [0.1, 0.15) is 12.6 Å². The number of fused-ring (bicyclic) bond motifs is 1. The summed E-state index contributed by atoms with van der Waals surface area (Å²) in [5.74, 6) is -0.720. The minimum atomic E-state index is -3.81. The fourth-order valence-corrected chi connectivity index (χ4v) is 5.26. The maximum Gasteiger partial charge on any atom is 0.244 e. The SMILES string of the molecule is CC[C@H](C(=O)NC(C)(C)C)N(Cc1cccc(C)c1)C(=O)CN(c1cccc2ccccc12)S(C)(=O)=O. The zero-order chi connectivity index (χ0) is 27.4. The van der Waals surface area contributed by atoms with Gasteiger partial charge in [-0.15, -0.1) is 0 Å². The summed E-state index contributed by atoms with van der Waals surface area (Å²) in [4.78, 5) is 28.7. The number of nitrogens with zero attached hydrogens (tertiary/aromatic N) is 2. The van der Waals surface area contributed by atoms with E-state index in [1.807, 2.05) is 89.2 Å². The van der Waals surface area contributed by atoms with E-state index in [1.165, 1.54) is 4.90 Å². The van der Waals surface area contributed by atoms with E-state index < -0.39 is 34.1 Å². The first-order chi connectivity index (χ1) is 17.3. The Morgan fingerprint density at radius 1 is 0.973 bits per heavy atom. The van der Waals surface area contributed by atoms with Gasteiger partial charge in [-0.05, 0) is 51.1 Å². The van der Waals surface area contributed by atoms with Crippen molar-refractivity contribution in [1.82, 2.24) is 10.2 Å². The molecule has 0 heterocycles. The molecule has 2 amide bonds. The van der Waals surface area contributed by atoms with Crippen molar-refractivity contribution in [2.24, 2.45) is 0 Å². The van der Waals surface area contributed by atoms with Crippen molar-refractivity contribution in [3.63, 3.8) is 0 Å². The number of anilines is 1. The highest BCUT2D eigenvalue weighted by atomic mass is 32.2. The standard InChI is InChI=1S/C29H37N3O4S/c1-7-25(28(34)30-29(3,4)5)31(19-22-13-10-12-21(2)18-22)27(33)20-32(37(6,35)36)26-17-11-15-23-14-8-9-16-24(23)26/h8-18,25H,7,19-20H2,1-6H3,(H,30,34)/t25-/m1/s1. The molecule has 1 atom stereocenters. The number of carbonyl (C=O) groups is 2. The number of aryl methyl sites for hydroxylation is 1. The second kappa shape index (κ2) is 11.3. The second-order valence-corrected chi connectivity index (χ2v) is 12.3. The molecule has 3 aromatic carbocycles. The molecule has 0 radical (unpaired) electrons. The molecule has 7 nitrogen and oxygen atoms in total. The number of hydrogen-bond acceptors (Lipinski definition) is 4. The number of rotatable bonds is 9. The number of nitrogens with one attached hydrogen (secondary N) is 1. The minimum absolute atomic E-state index is 0.184. The zero-order valence-electron chi connectivity index (χ0n) is 22.5.